The standard InChI is InChI=1S/C23H25NO.C14H22O.C13H19FO.CH4BN.CH4/c1-23(2,3)16-8-13-22(25)24-17-20-11-5-4-9-18(20)14-15-19-10-6-7-12-21(19)24;1-14(2,3)15-10-13-11-8-6-4-5-7-9-12(11)13;1-12(2,3)11(15)13(14)9-7-5-4-6-8-10-13;1-2-3;/h4-7,9-12H,8,13,16-17H2,1-3H3;11-13H,6-10H2,1-3H3;4-7,9H2,1-3H3;3H,1H3;1H4/t;11-,12+,13?;;;. The van der Waals surface area contributed by atoms with Crippen molar-refractivity contribution in [1.29, 1.82) is 5.31 Å². The normalized spacial score (nSPS) is 21.3. The molecule has 4 aliphatic rings. The number of para-hydroxylation sites is 1. The van der Waals surface area contributed by atoms with Crippen LogP contribution in [0.3, 0.4) is 0 Å². The first-order valence-electron chi connectivity index (χ1n) is 21.6. The maximum atomic E-state index is 14.4. The van der Waals surface area contributed by atoms with E-state index < -0.39 is 11.1 Å². The number of Topliss-reactive ketones (excluding diaryl/α,β-unsaturated/α-hetero) is 1. The zero-order valence-electron chi connectivity index (χ0n) is 37.4. The molecule has 4 atom stereocenters. The summed E-state index contributed by atoms with van der Waals surface area (Å²) in [5.74, 6) is 20.8. The van der Waals surface area contributed by atoms with Crippen LogP contribution in [0, 0.1) is 69.4 Å². The van der Waals surface area contributed by atoms with E-state index >= 15 is 0 Å². The van der Waals surface area contributed by atoms with Crippen LogP contribution >= 0.6 is 0 Å². The number of ketones is 1. The molecule has 3 aliphatic carbocycles. The molecule has 0 spiro atoms. The molecule has 2 unspecified atom stereocenters. The summed E-state index contributed by atoms with van der Waals surface area (Å²) >= 11 is 0. The number of fused-ring (bicyclic) bond motifs is 3. The van der Waals surface area contributed by atoms with Crippen molar-refractivity contribution >= 4 is 24.4 Å². The zero-order valence-corrected chi connectivity index (χ0v) is 37.4. The number of hydrogen-bond donors (Lipinski definition) is 1. The second kappa shape index (κ2) is 23.7. The predicted molar refractivity (Wildman–Crippen MR) is 246 cm³/mol. The van der Waals surface area contributed by atoms with Crippen LogP contribution < -0.4 is 4.90 Å². The van der Waals surface area contributed by atoms with Crippen molar-refractivity contribution in [3.8, 4) is 35.5 Å². The average Bonchev–Trinajstić information content (AvgIpc) is 3.78. The van der Waals surface area contributed by atoms with Gasteiger partial charge in [0.2, 0.25) is 11.6 Å². The van der Waals surface area contributed by atoms with Gasteiger partial charge in [0, 0.05) is 48.6 Å². The molecular formula is C52H74BFN2O3. The number of nitrogens with zero attached hydrogens (tertiary/aromatic N) is 1. The van der Waals surface area contributed by atoms with Gasteiger partial charge in [0.05, 0.1) is 24.4 Å². The van der Waals surface area contributed by atoms with Crippen molar-refractivity contribution in [3.63, 3.8) is 0 Å². The molecule has 1 heterocycles. The Labute approximate surface area is 359 Å². The minimum atomic E-state index is -1.90. The quantitative estimate of drug-likeness (QED) is 0.234. The largest absolute Gasteiger partial charge is 0.376 e. The predicted octanol–water partition coefficient (Wildman–Crippen LogP) is 12.8. The van der Waals surface area contributed by atoms with Gasteiger partial charge in [-0.1, -0.05) is 109 Å². The number of ether oxygens (including phenoxy) is 1. The van der Waals surface area contributed by atoms with Crippen LogP contribution in [0.15, 0.2) is 48.5 Å². The Hall–Kier alpha value is -3.99. The van der Waals surface area contributed by atoms with E-state index in [-0.39, 0.29) is 36.6 Å². The van der Waals surface area contributed by atoms with E-state index in [0.717, 1.165) is 91.7 Å². The molecule has 59 heavy (non-hydrogen) atoms. The Morgan fingerprint density at radius 3 is 2.02 bits per heavy atom. The SMILES string of the molecule is C.CB=N.CC(C)(C)C(=O)C1(F)C#CCCCCC1.CC(C)(C)CCCC(=O)N1Cc2ccccc2C#Cc2ccccc21.CC(C)(C)OCC1[C@H]2CCC#CCC[C@@H]12. The Balaban J connectivity index is 0.000000307. The van der Waals surface area contributed by atoms with E-state index in [1.807, 2.05) is 47.4 Å². The molecular weight excluding hydrogens is 730 g/mol. The number of rotatable bonds is 6. The number of carbonyl (C=O) groups is 2. The van der Waals surface area contributed by atoms with Gasteiger partial charge < -0.3 is 9.64 Å². The van der Waals surface area contributed by atoms with Crippen molar-refractivity contribution in [3.05, 3.63) is 65.2 Å². The molecule has 6 rings (SSSR count). The Morgan fingerprint density at radius 2 is 1.42 bits per heavy atom. The molecule has 0 bridgehead atoms. The minimum Gasteiger partial charge on any atom is -0.376 e. The average molecular weight is 805 g/mol. The smallest absolute Gasteiger partial charge is 0.229 e. The van der Waals surface area contributed by atoms with Crippen molar-refractivity contribution in [1.82, 2.24) is 0 Å². The van der Waals surface area contributed by atoms with E-state index in [9.17, 15) is 14.0 Å². The van der Waals surface area contributed by atoms with Gasteiger partial charge in [-0.15, -0.1) is 11.8 Å². The van der Waals surface area contributed by atoms with Crippen molar-refractivity contribution in [2.24, 2.45) is 28.6 Å². The van der Waals surface area contributed by atoms with Gasteiger partial charge in [-0.25, -0.2) is 4.39 Å². The Kier molecular flexibility index (Phi) is 20.6. The summed E-state index contributed by atoms with van der Waals surface area (Å²) in [6.07, 6.45) is 11.1. The van der Waals surface area contributed by atoms with E-state index in [1.54, 1.807) is 27.6 Å². The first-order chi connectivity index (χ1) is 27.3. The number of alkyl halides is 1. The number of carbonyl (C=O) groups excluding carboxylic acids is 2. The summed E-state index contributed by atoms with van der Waals surface area (Å²) < 4.78 is 20.3. The van der Waals surface area contributed by atoms with Gasteiger partial charge in [-0.2, -0.15) is 0 Å². The fourth-order valence-electron chi connectivity index (χ4n) is 7.53. The summed E-state index contributed by atoms with van der Waals surface area (Å²) in [5.41, 5.74) is 1.67. The number of halogens is 1. The van der Waals surface area contributed by atoms with E-state index in [1.165, 1.54) is 19.9 Å². The first-order valence-corrected chi connectivity index (χ1v) is 21.6. The van der Waals surface area contributed by atoms with Gasteiger partial charge >= 0.3 is 19.2 Å². The third-order valence-electron chi connectivity index (χ3n) is 10.7. The minimum absolute atomic E-state index is 0. The third kappa shape index (κ3) is 17.6. The molecule has 7 heteroatoms. The van der Waals surface area contributed by atoms with Crippen LogP contribution in [-0.4, -0.2) is 36.6 Å². The van der Waals surface area contributed by atoms with Gasteiger partial charge in [-0.05, 0) is 106 Å². The topological polar surface area (TPSA) is 70.5 Å². The van der Waals surface area contributed by atoms with Gasteiger partial charge in [0.15, 0.2) is 5.78 Å². The van der Waals surface area contributed by atoms with E-state index in [0.29, 0.717) is 19.4 Å². The summed E-state index contributed by atoms with van der Waals surface area (Å²) in [6, 6.07) is 16.0. The molecule has 5 nitrogen and oxygen atoms in total. The fraction of sp³-hybridized carbons (Fsp3) is 0.615. The molecule has 1 N–H and O–H groups in total. The van der Waals surface area contributed by atoms with Crippen molar-refractivity contribution < 1.29 is 18.7 Å². The number of amides is 1. The summed E-state index contributed by atoms with van der Waals surface area (Å²) in [4.78, 5) is 26.8. The van der Waals surface area contributed by atoms with Crippen LogP contribution in [-0.2, 0) is 20.9 Å². The van der Waals surface area contributed by atoms with Crippen molar-refractivity contribution in [2.75, 3.05) is 11.5 Å². The Bertz CT molecular complexity index is 1850. The monoisotopic (exact) mass is 805 g/mol. The maximum absolute atomic E-state index is 14.4. The third-order valence-corrected chi connectivity index (χ3v) is 10.7. The summed E-state index contributed by atoms with van der Waals surface area (Å²) in [6.45, 7) is 21.5. The molecule has 320 valence electrons. The number of nitrogens with one attached hydrogen (secondary N) is 1. The fourth-order valence-corrected chi connectivity index (χ4v) is 7.53. The van der Waals surface area contributed by atoms with E-state index in [2.05, 4.69) is 83.1 Å². The van der Waals surface area contributed by atoms with Gasteiger partial charge in [-0.3, -0.25) is 9.59 Å². The van der Waals surface area contributed by atoms with Crippen molar-refractivity contribution in [2.45, 2.75) is 171 Å². The number of benzene rings is 2. The van der Waals surface area contributed by atoms with E-state index in [4.69, 9.17) is 10.0 Å². The summed E-state index contributed by atoms with van der Waals surface area (Å²) in [5, 5.41) is 6.08. The molecule has 0 radical (unpaired) electrons. The summed E-state index contributed by atoms with van der Waals surface area (Å²) in [7, 11) is 1.25. The first kappa shape index (κ1) is 51.2. The van der Waals surface area contributed by atoms with Crippen LogP contribution in [0.25, 0.3) is 0 Å². The molecule has 0 saturated heterocycles. The second-order valence-corrected chi connectivity index (χ2v) is 19.2. The molecule has 2 aromatic rings. The van der Waals surface area contributed by atoms with Crippen LogP contribution in [0.4, 0.5) is 10.1 Å². The Morgan fingerprint density at radius 1 is 0.847 bits per heavy atom. The molecule has 1 amide bonds. The van der Waals surface area contributed by atoms with Crippen LogP contribution in [0.5, 0.6) is 0 Å². The number of hydrogen-bond acceptors (Lipinski definition) is 4. The maximum Gasteiger partial charge on any atom is 0.229 e. The molecule has 1 fully saturated rings. The molecule has 1 aliphatic heterocycles. The van der Waals surface area contributed by atoms with Gasteiger partial charge in [0.25, 0.3) is 0 Å². The second-order valence-electron chi connectivity index (χ2n) is 19.2. The van der Waals surface area contributed by atoms with Gasteiger partial charge in [0.1, 0.15) is 0 Å². The molecule has 2 aromatic carbocycles. The van der Waals surface area contributed by atoms with Crippen LogP contribution in [0.2, 0.25) is 6.82 Å². The van der Waals surface area contributed by atoms with Crippen LogP contribution in [0.1, 0.15) is 163 Å². The molecule has 0 aromatic heterocycles. The number of anilines is 1. The molecule has 1 saturated carbocycles. The zero-order chi connectivity index (χ0) is 43.0.